The Hall–Kier alpha value is -4.74. The van der Waals surface area contributed by atoms with E-state index in [0.29, 0.717) is 12.8 Å². The lowest BCUT2D eigenvalue weighted by molar-refractivity contribution is -0.161. The van der Waals surface area contributed by atoms with Crippen molar-refractivity contribution >= 4 is 11.9 Å². The van der Waals surface area contributed by atoms with Crippen LogP contribution in [0.1, 0.15) is 245 Å². The van der Waals surface area contributed by atoms with Crippen LogP contribution in [0.15, 0.2) is 170 Å². The van der Waals surface area contributed by atoms with Gasteiger partial charge in [-0.2, -0.15) is 0 Å². The second-order valence-corrected chi connectivity index (χ2v) is 19.7. The van der Waals surface area contributed by atoms with E-state index in [1.54, 1.807) is 0 Å². The smallest absolute Gasteiger partial charge is 0.306 e. The lowest BCUT2D eigenvalue weighted by Crippen LogP contribution is -2.28. The molecule has 5 heteroatoms. The number of carbonyl (C=O) groups excluding carboxylic acids is 2. The normalized spacial score (nSPS) is 13.5. The quantitative estimate of drug-likeness (QED) is 0.0373. The summed E-state index contributed by atoms with van der Waals surface area (Å²) < 4.78 is 10.7. The summed E-state index contributed by atoms with van der Waals surface area (Å²) in [5.41, 5.74) is 0. The van der Waals surface area contributed by atoms with Gasteiger partial charge in [0.05, 0.1) is 6.61 Å². The van der Waals surface area contributed by atoms with Crippen LogP contribution in [0.25, 0.3) is 0 Å². The van der Waals surface area contributed by atoms with E-state index in [-0.39, 0.29) is 25.2 Å². The molecule has 0 saturated carbocycles. The SMILES string of the molecule is CC/C=C\C/C=C\C/C=C\C/C=C\C/C=C\C/C=C\C/C=C\C/C=C\C/C=C\C/C=C\CCCCCCCCC(=O)OC(CO)COC(=O)CCCCCCCCCCCCCC/C=C\C/C=C\C/C=C\C/C=C\CC. The van der Waals surface area contributed by atoms with Crippen molar-refractivity contribution in [1.82, 2.24) is 0 Å². The van der Waals surface area contributed by atoms with Crippen molar-refractivity contribution in [1.29, 1.82) is 0 Å². The van der Waals surface area contributed by atoms with E-state index < -0.39 is 6.10 Å². The number of allylic oxidation sites excluding steroid dienone is 28. The summed E-state index contributed by atoms with van der Waals surface area (Å²) in [5, 5.41) is 9.67. The maximum absolute atomic E-state index is 12.3. The van der Waals surface area contributed by atoms with Gasteiger partial charge in [-0.15, -0.1) is 0 Å². The first-order valence-corrected chi connectivity index (χ1v) is 30.7. The molecular formula is C71H112O5. The highest BCUT2D eigenvalue weighted by Gasteiger charge is 2.16. The van der Waals surface area contributed by atoms with E-state index in [1.165, 1.54) is 77.0 Å². The first-order chi connectivity index (χ1) is 37.6. The molecule has 0 aromatic carbocycles. The van der Waals surface area contributed by atoms with Crippen molar-refractivity contribution in [2.45, 2.75) is 251 Å². The molecule has 76 heavy (non-hydrogen) atoms. The predicted octanol–water partition coefficient (Wildman–Crippen LogP) is 21.3. The van der Waals surface area contributed by atoms with Crippen molar-refractivity contribution < 1.29 is 24.2 Å². The summed E-state index contributed by atoms with van der Waals surface area (Å²) in [6.45, 7) is 3.90. The van der Waals surface area contributed by atoms with Crippen molar-refractivity contribution in [3.05, 3.63) is 170 Å². The summed E-state index contributed by atoms with van der Waals surface area (Å²) in [6, 6.07) is 0. The van der Waals surface area contributed by atoms with Crippen molar-refractivity contribution in [3.63, 3.8) is 0 Å². The van der Waals surface area contributed by atoms with Gasteiger partial charge < -0.3 is 14.6 Å². The van der Waals surface area contributed by atoms with Crippen molar-refractivity contribution in [3.8, 4) is 0 Å². The fourth-order valence-corrected chi connectivity index (χ4v) is 7.99. The topological polar surface area (TPSA) is 72.8 Å². The molecule has 0 rings (SSSR count). The predicted molar refractivity (Wildman–Crippen MR) is 333 cm³/mol. The molecule has 0 aliphatic carbocycles. The third-order valence-corrected chi connectivity index (χ3v) is 12.5. The number of aliphatic hydroxyl groups is 1. The molecule has 0 aliphatic heterocycles. The molecule has 1 atom stereocenters. The van der Waals surface area contributed by atoms with E-state index >= 15 is 0 Å². The molecule has 0 radical (unpaired) electrons. The largest absolute Gasteiger partial charge is 0.462 e. The summed E-state index contributed by atoms with van der Waals surface area (Å²) in [6.07, 6.45) is 100. The van der Waals surface area contributed by atoms with Crippen LogP contribution in [0.5, 0.6) is 0 Å². The van der Waals surface area contributed by atoms with E-state index in [1.807, 2.05) is 0 Å². The van der Waals surface area contributed by atoms with Gasteiger partial charge in [-0.1, -0.05) is 274 Å². The van der Waals surface area contributed by atoms with Crippen LogP contribution in [-0.2, 0) is 19.1 Å². The number of ether oxygens (including phenoxy) is 2. The molecule has 1 unspecified atom stereocenters. The Labute approximate surface area is 468 Å². The van der Waals surface area contributed by atoms with Crippen LogP contribution in [0, 0.1) is 0 Å². The number of esters is 2. The lowest BCUT2D eigenvalue weighted by Gasteiger charge is -2.15. The summed E-state index contributed by atoms with van der Waals surface area (Å²) in [7, 11) is 0. The molecule has 5 nitrogen and oxygen atoms in total. The molecule has 1 N–H and O–H groups in total. The average Bonchev–Trinajstić information content (AvgIpc) is 3.42. The minimum atomic E-state index is -0.795. The zero-order valence-corrected chi connectivity index (χ0v) is 48.7. The number of carbonyl (C=O) groups is 2. The van der Waals surface area contributed by atoms with Crippen LogP contribution < -0.4 is 0 Å². The van der Waals surface area contributed by atoms with Gasteiger partial charge in [0.2, 0.25) is 0 Å². The molecule has 0 aromatic rings. The summed E-state index contributed by atoms with van der Waals surface area (Å²) >= 11 is 0. The number of hydrogen-bond donors (Lipinski definition) is 1. The third-order valence-electron chi connectivity index (χ3n) is 12.5. The monoisotopic (exact) mass is 1040 g/mol. The average molecular weight is 1050 g/mol. The van der Waals surface area contributed by atoms with Crippen molar-refractivity contribution in [2.75, 3.05) is 13.2 Å². The van der Waals surface area contributed by atoms with E-state index in [4.69, 9.17) is 9.47 Å². The molecule has 0 aromatic heterocycles. The Morgan fingerprint density at radius 3 is 0.789 bits per heavy atom. The molecule has 0 fully saturated rings. The Morgan fingerprint density at radius 2 is 0.526 bits per heavy atom. The highest BCUT2D eigenvalue weighted by atomic mass is 16.6. The molecular weight excluding hydrogens is 933 g/mol. The number of unbranched alkanes of at least 4 members (excludes halogenated alkanes) is 18. The van der Waals surface area contributed by atoms with Crippen LogP contribution >= 0.6 is 0 Å². The van der Waals surface area contributed by atoms with Crippen LogP contribution in [0.2, 0.25) is 0 Å². The molecule has 0 saturated heterocycles. The van der Waals surface area contributed by atoms with Gasteiger partial charge in [0.1, 0.15) is 6.61 Å². The van der Waals surface area contributed by atoms with Crippen LogP contribution in [-0.4, -0.2) is 36.4 Å². The van der Waals surface area contributed by atoms with Crippen LogP contribution in [0.4, 0.5) is 0 Å². The van der Waals surface area contributed by atoms with Gasteiger partial charge in [-0.3, -0.25) is 9.59 Å². The number of aliphatic hydroxyl groups excluding tert-OH is 1. The molecule has 0 aliphatic rings. The standard InChI is InChI=1S/C71H112O5/c1-3-5-7-9-11-13-15-17-19-21-23-25-27-29-30-31-32-33-34-35-36-37-38-39-40-42-44-46-48-50-52-54-56-58-60-62-64-66-71(74)76-69(67-72)68-75-70(73)65-63-61-59-57-55-53-51-49-47-45-43-41-28-26-24-22-20-18-16-14-12-10-8-6-4-2/h5-8,11-14,17-20,23-26,29-30,32-33,35-36,38-39,42,44,48,50,69,72H,3-4,9-10,15-16,21-22,27-28,31,34,37,40-41,43,45-47,49,51-68H2,1-2H3/b7-5-,8-6-,13-11-,14-12-,19-17-,20-18-,25-23-,26-24-,30-29-,33-32-,36-35-,39-38-,44-42-,50-48-. The molecule has 426 valence electrons. The van der Waals surface area contributed by atoms with Gasteiger partial charge in [0.25, 0.3) is 0 Å². The summed E-state index contributed by atoms with van der Waals surface area (Å²) in [4.78, 5) is 24.6. The lowest BCUT2D eigenvalue weighted by atomic mass is 10.0. The highest BCUT2D eigenvalue weighted by molar-refractivity contribution is 5.70. The van der Waals surface area contributed by atoms with Gasteiger partial charge in [-0.05, 0) is 128 Å². The second kappa shape index (κ2) is 64.5. The molecule has 0 spiro atoms. The van der Waals surface area contributed by atoms with Gasteiger partial charge in [0, 0.05) is 12.8 Å². The summed E-state index contributed by atoms with van der Waals surface area (Å²) in [5.74, 6) is -0.619. The Kier molecular flexibility index (Phi) is 60.5. The van der Waals surface area contributed by atoms with Gasteiger partial charge in [-0.25, -0.2) is 0 Å². The number of rotatable bonds is 54. The fourth-order valence-electron chi connectivity index (χ4n) is 7.99. The highest BCUT2D eigenvalue weighted by Crippen LogP contribution is 2.15. The fraction of sp³-hybridized carbons (Fsp3) is 0.577. The van der Waals surface area contributed by atoms with Gasteiger partial charge in [0.15, 0.2) is 6.10 Å². The number of hydrogen-bond acceptors (Lipinski definition) is 5. The third kappa shape index (κ3) is 61.8. The minimum absolute atomic E-state index is 0.0832. The second-order valence-electron chi connectivity index (χ2n) is 19.7. The van der Waals surface area contributed by atoms with Crippen LogP contribution in [0.3, 0.4) is 0 Å². The molecule has 0 amide bonds. The maximum atomic E-state index is 12.3. The van der Waals surface area contributed by atoms with E-state index in [2.05, 4.69) is 184 Å². The zero-order valence-electron chi connectivity index (χ0n) is 48.7. The Morgan fingerprint density at radius 1 is 0.303 bits per heavy atom. The maximum Gasteiger partial charge on any atom is 0.306 e. The molecule has 0 bridgehead atoms. The van der Waals surface area contributed by atoms with Gasteiger partial charge >= 0.3 is 11.9 Å². The Balaban J connectivity index is 3.62. The first kappa shape index (κ1) is 71.3. The zero-order chi connectivity index (χ0) is 54.8. The van der Waals surface area contributed by atoms with Crippen molar-refractivity contribution in [2.24, 2.45) is 0 Å². The first-order valence-electron chi connectivity index (χ1n) is 30.7. The molecule has 0 heterocycles. The Bertz CT molecular complexity index is 1700. The minimum Gasteiger partial charge on any atom is -0.462 e. The van der Waals surface area contributed by atoms with E-state index in [0.717, 1.165) is 141 Å². The van der Waals surface area contributed by atoms with E-state index in [9.17, 15) is 14.7 Å².